The number of aromatic nitrogens is 1. The summed E-state index contributed by atoms with van der Waals surface area (Å²) in [5, 5.41) is 1.79. The minimum Gasteiger partial charge on any atom is -0.306 e. The Morgan fingerprint density at radius 3 is 3.06 bits per heavy atom. The van der Waals surface area contributed by atoms with Gasteiger partial charge in [-0.1, -0.05) is 30.4 Å². The Bertz CT molecular complexity index is 590. The van der Waals surface area contributed by atoms with Crippen LogP contribution in [0.1, 0.15) is 22.5 Å². The van der Waals surface area contributed by atoms with Crippen LogP contribution in [0.15, 0.2) is 41.2 Å². The Balaban J connectivity index is 2.01. The standard InChI is InChI=1S/C14H12N2OS/c17-14(12-9-18-10-15-12)16-8-4-3-6-11-5-1-2-7-13(11)16/h1-3,5-7,9-10H,4,8H2. The van der Waals surface area contributed by atoms with Gasteiger partial charge in [-0.05, 0) is 18.1 Å². The Morgan fingerprint density at radius 1 is 1.33 bits per heavy atom. The lowest BCUT2D eigenvalue weighted by atomic mass is 10.1. The lowest BCUT2D eigenvalue weighted by Gasteiger charge is -2.21. The molecule has 3 nitrogen and oxygen atoms in total. The van der Waals surface area contributed by atoms with E-state index in [2.05, 4.69) is 17.1 Å². The number of para-hydroxylation sites is 1. The summed E-state index contributed by atoms with van der Waals surface area (Å²) in [4.78, 5) is 18.3. The van der Waals surface area contributed by atoms with Crippen LogP contribution in [0, 0.1) is 0 Å². The highest BCUT2D eigenvalue weighted by molar-refractivity contribution is 7.07. The zero-order valence-corrected chi connectivity index (χ0v) is 10.6. The van der Waals surface area contributed by atoms with Crippen molar-refractivity contribution in [2.45, 2.75) is 6.42 Å². The first-order chi connectivity index (χ1) is 8.86. The Morgan fingerprint density at radius 2 is 2.22 bits per heavy atom. The number of hydrogen-bond donors (Lipinski definition) is 0. The SMILES string of the molecule is O=C(c1cscn1)N1CCC=Cc2ccccc21. The summed E-state index contributed by atoms with van der Waals surface area (Å²) in [6.07, 6.45) is 5.04. The molecule has 0 N–H and O–H groups in total. The smallest absolute Gasteiger partial charge is 0.277 e. The molecule has 2 heterocycles. The van der Waals surface area contributed by atoms with Crippen molar-refractivity contribution in [3.05, 3.63) is 52.5 Å². The number of thiazole rings is 1. The highest BCUT2D eigenvalue weighted by Gasteiger charge is 2.21. The number of carbonyl (C=O) groups excluding carboxylic acids is 1. The van der Waals surface area contributed by atoms with Crippen LogP contribution in [-0.4, -0.2) is 17.4 Å². The number of fused-ring (bicyclic) bond motifs is 1. The van der Waals surface area contributed by atoms with E-state index in [-0.39, 0.29) is 5.91 Å². The molecule has 0 saturated carbocycles. The Hall–Kier alpha value is -1.94. The Kier molecular flexibility index (Phi) is 2.94. The highest BCUT2D eigenvalue weighted by atomic mass is 32.1. The van der Waals surface area contributed by atoms with E-state index in [9.17, 15) is 4.79 Å². The van der Waals surface area contributed by atoms with Crippen LogP contribution in [0.3, 0.4) is 0 Å². The summed E-state index contributed by atoms with van der Waals surface area (Å²) in [5.41, 5.74) is 4.26. The maximum absolute atomic E-state index is 12.4. The molecule has 3 rings (SSSR count). The number of amides is 1. The van der Waals surface area contributed by atoms with Gasteiger partial charge in [0.1, 0.15) is 5.69 Å². The number of hydrogen-bond acceptors (Lipinski definition) is 3. The molecular weight excluding hydrogens is 244 g/mol. The van der Waals surface area contributed by atoms with Crippen molar-refractivity contribution in [2.24, 2.45) is 0 Å². The molecule has 0 spiro atoms. The van der Waals surface area contributed by atoms with Crippen molar-refractivity contribution in [3.8, 4) is 0 Å². The van der Waals surface area contributed by atoms with Gasteiger partial charge >= 0.3 is 0 Å². The third-order valence-corrected chi connectivity index (χ3v) is 3.53. The predicted octanol–water partition coefficient (Wildman–Crippen LogP) is 3.21. The van der Waals surface area contributed by atoms with Gasteiger partial charge in [-0.25, -0.2) is 4.98 Å². The van der Waals surface area contributed by atoms with Gasteiger partial charge in [0, 0.05) is 11.9 Å². The monoisotopic (exact) mass is 256 g/mol. The molecule has 1 aromatic carbocycles. The molecular formula is C14H12N2OS. The van der Waals surface area contributed by atoms with Crippen molar-refractivity contribution >= 4 is 29.0 Å². The number of rotatable bonds is 1. The predicted molar refractivity (Wildman–Crippen MR) is 73.9 cm³/mol. The second-order valence-corrected chi connectivity index (χ2v) is 4.80. The molecule has 0 aliphatic carbocycles. The molecule has 2 aromatic rings. The highest BCUT2D eigenvalue weighted by Crippen LogP contribution is 2.26. The molecule has 1 aliphatic rings. The molecule has 0 saturated heterocycles. The lowest BCUT2D eigenvalue weighted by Crippen LogP contribution is -2.32. The summed E-state index contributed by atoms with van der Waals surface area (Å²) in [7, 11) is 0. The van der Waals surface area contributed by atoms with Gasteiger partial charge in [0.2, 0.25) is 0 Å². The van der Waals surface area contributed by atoms with E-state index < -0.39 is 0 Å². The quantitative estimate of drug-likeness (QED) is 0.785. The molecule has 0 bridgehead atoms. The van der Waals surface area contributed by atoms with Gasteiger partial charge in [0.15, 0.2) is 0 Å². The molecule has 0 radical (unpaired) electrons. The van der Waals surface area contributed by atoms with Crippen LogP contribution in [0.2, 0.25) is 0 Å². The zero-order chi connectivity index (χ0) is 12.4. The van der Waals surface area contributed by atoms with Crippen molar-refractivity contribution < 1.29 is 4.79 Å². The summed E-state index contributed by atoms with van der Waals surface area (Å²) in [5.74, 6) is -0.0209. The molecule has 90 valence electrons. The minimum absolute atomic E-state index is 0.0209. The van der Waals surface area contributed by atoms with Crippen LogP contribution >= 0.6 is 11.3 Å². The molecule has 0 unspecified atom stereocenters. The summed E-state index contributed by atoms with van der Waals surface area (Å²) < 4.78 is 0. The van der Waals surface area contributed by atoms with E-state index in [4.69, 9.17) is 0 Å². The third-order valence-electron chi connectivity index (χ3n) is 2.94. The molecule has 1 amide bonds. The van der Waals surface area contributed by atoms with Crippen LogP contribution in [0.5, 0.6) is 0 Å². The van der Waals surface area contributed by atoms with Crippen molar-refractivity contribution in [1.29, 1.82) is 0 Å². The fourth-order valence-electron chi connectivity index (χ4n) is 2.08. The van der Waals surface area contributed by atoms with Crippen molar-refractivity contribution in [3.63, 3.8) is 0 Å². The summed E-state index contributed by atoms with van der Waals surface area (Å²) >= 11 is 1.44. The van der Waals surface area contributed by atoms with Gasteiger partial charge < -0.3 is 4.90 Å². The van der Waals surface area contributed by atoms with Crippen LogP contribution in [0.4, 0.5) is 5.69 Å². The van der Waals surface area contributed by atoms with Crippen molar-refractivity contribution in [1.82, 2.24) is 4.98 Å². The molecule has 1 aromatic heterocycles. The maximum Gasteiger partial charge on any atom is 0.277 e. The number of benzene rings is 1. The fraction of sp³-hybridized carbons (Fsp3) is 0.143. The average molecular weight is 256 g/mol. The summed E-state index contributed by atoms with van der Waals surface area (Å²) in [6, 6.07) is 7.95. The van der Waals surface area contributed by atoms with E-state index in [0.29, 0.717) is 12.2 Å². The first-order valence-corrected chi connectivity index (χ1v) is 6.76. The average Bonchev–Trinajstić information content (AvgIpc) is 2.85. The second kappa shape index (κ2) is 4.74. The summed E-state index contributed by atoms with van der Waals surface area (Å²) in [6.45, 7) is 0.698. The maximum atomic E-state index is 12.4. The normalized spacial score (nSPS) is 14.1. The number of nitrogens with zero attached hydrogens (tertiary/aromatic N) is 2. The molecule has 0 fully saturated rings. The topological polar surface area (TPSA) is 33.2 Å². The fourth-order valence-corrected chi connectivity index (χ4v) is 2.60. The number of anilines is 1. The van der Waals surface area contributed by atoms with Gasteiger partial charge in [-0.3, -0.25) is 4.79 Å². The molecule has 0 atom stereocenters. The third kappa shape index (κ3) is 1.95. The van der Waals surface area contributed by atoms with Gasteiger partial charge in [0.05, 0.1) is 11.2 Å². The van der Waals surface area contributed by atoms with E-state index >= 15 is 0 Å². The second-order valence-electron chi connectivity index (χ2n) is 4.08. The van der Waals surface area contributed by atoms with Crippen LogP contribution in [0.25, 0.3) is 6.08 Å². The zero-order valence-electron chi connectivity index (χ0n) is 9.74. The van der Waals surface area contributed by atoms with E-state index in [1.807, 2.05) is 29.2 Å². The molecule has 18 heavy (non-hydrogen) atoms. The largest absolute Gasteiger partial charge is 0.306 e. The number of carbonyl (C=O) groups is 1. The van der Waals surface area contributed by atoms with Gasteiger partial charge in [-0.15, -0.1) is 11.3 Å². The van der Waals surface area contributed by atoms with Crippen LogP contribution < -0.4 is 4.90 Å². The van der Waals surface area contributed by atoms with E-state index in [0.717, 1.165) is 17.7 Å². The first kappa shape index (κ1) is 11.2. The van der Waals surface area contributed by atoms with Crippen LogP contribution in [-0.2, 0) is 0 Å². The van der Waals surface area contributed by atoms with Gasteiger partial charge in [0.25, 0.3) is 5.91 Å². The van der Waals surface area contributed by atoms with E-state index in [1.165, 1.54) is 11.3 Å². The first-order valence-electron chi connectivity index (χ1n) is 5.82. The molecule has 1 aliphatic heterocycles. The Labute approximate surface area is 109 Å². The minimum atomic E-state index is -0.0209. The lowest BCUT2D eigenvalue weighted by molar-refractivity contribution is 0.0983. The van der Waals surface area contributed by atoms with Gasteiger partial charge in [-0.2, -0.15) is 0 Å². The molecule has 4 heteroatoms. The van der Waals surface area contributed by atoms with Crippen molar-refractivity contribution in [2.75, 3.05) is 11.4 Å². The van der Waals surface area contributed by atoms with E-state index in [1.54, 1.807) is 10.9 Å².